The first-order chi connectivity index (χ1) is 0. The van der Waals surface area contributed by atoms with E-state index in [1.807, 2.05) is 0 Å². The Morgan fingerprint density at radius 2 is 1.00 bits per heavy atom. The predicted octanol–water partition coefficient (Wildman–Crippen LogP) is -1.90. The van der Waals surface area contributed by atoms with Crippen LogP contribution in [0.5, 0.6) is 0 Å². The van der Waals surface area contributed by atoms with Gasteiger partial charge in [-0.1, -0.05) is 0 Å². The largest absolute Gasteiger partial charge is 0 e. The minimum Gasteiger partial charge on any atom is 0 e. The molecule has 0 aromatic carbocycles. The second kappa shape index (κ2) is 24.3. The maximum atomic E-state index is 0. The molecule has 0 unspecified atom stereocenters. The number of rotatable bonds is 0. The van der Waals surface area contributed by atoms with Gasteiger partial charge in [-0.25, -0.2) is 0 Å². The van der Waals surface area contributed by atoms with Crippen molar-refractivity contribution in [2.75, 3.05) is 0 Å². The molecule has 0 heterocycles. The van der Waals surface area contributed by atoms with Crippen molar-refractivity contribution in [1.82, 2.24) is 0 Å². The molecule has 5 heteroatoms. The summed E-state index contributed by atoms with van der Waals surface area (Å²) in [5, 5.41) is 0. The summed E-state index contributed by atoms with van der Waals surface area (Å²) in [7, 11) is 0. The van der Waals surface area contributed by atoms with E-state index < -0.39 is 0 Å². The molecule has 0 aromatic rings. The van der Waals surface area contributed by atoms with Gasteiger partial charge in [0.25, 0.3) is 0 Å². The zero-order valence-electron chi connectivity index (χ0n) is 2.60. The topological polar surface area (TPSA) is 0 Å². The molecule has 5 heavy (non-hydrogen) atoms. The van der Waals surface area contributed by atoms with Crippen LogP contribution in [0.15, 0.2) is 0 Å². The first kappa shape index (κ1) is 35.5. The molecule has 0 aliphatic heterocycles. The molecule has 19 valence electrons. The molecule has 0 aliphatic carbocycles. The van der Waals surface area contributed by atoms with Crippen LogP contribution in [0.25, 0.3) is 0 Å². The first-order valence-corrected chi connectivity index (χ1v) is 0. The molecule has 0 saturated carbocycles. The molecule has 0 fully saturated rings. The van der Waals surface area contributed by atoms with Crippen LogP contribution in [0.4, 0.5) is 0 Å². The molecule has 0 saturated heterocycles. The summed E-state index contributed by atoms with van der Waals surface area (Å²) in [6.07, 6.45) is 0. The fraction of sp³-hybridized carbons (Fsp3) is 0. The van der Waals surface area contributed by atoms with Crippen molar-refractivity contribution in [1.29, 1.82) is 0 Å². The van der Waals surface area contributed by atoms with E-state index in [0.717, 1.165) is 0 Å². The van der Waals surface area contributed by atoms with Gasteiger partial charge in [-0.15, -0.1) is 0 Å². The van der Waals surface area contributed by atoms with Gasteiger partial charge in [0, 0.05) is 123 Å². The predicted molar refractivity (Wildman–Crippen MR) is 28.8 cm³/mol. The Kier molecular flexibility index (Phi) is 172. The van der Waals surface area contributed by atoms with Crippen molar-refractivity contribution < 1.29 is 0 Å². The number of hydrogen-bond acceptors (Lipinski definition) is 0. The molecule has 0 amide bonds. The van der Waals surface area contributed by atoms with E-state index in [4.69, 9.17) is 0 Å². The molecular weight excluding hydrogens is 719 g/mol. The molecule has 0 nitrogen and oxygen atoms in total. The standard InChI is InChI=1S/Bi.Ga.In.Pb.Sn. The van der Waals surface area contributed by atoms with Gasteiger partial charge in [0.2, 0.25) is 0 Å². The first-order valence-electron chi connectivity index (χ1n) is 0. The van der Waals surface area contributed by atoms with Gasteiger partial charge in [0.15, 0.2) is 0 Å². The summed E-state index contributed by atoms with van der Waals surface area (Å²) < 4.78 is 0. The Morgan fingerprint density at radius 1 is 1.00 bits per heavy atom. The van der Waals surface area contributed by atoms with Gasteiger partial charge in [-0.2, -0.15) is 0 Å². The molecule has 0 spiro atoms. The molecule has 0 rings (SSSR count). The monoisotopic (exact) mass is 721 g/mol. The second-order valence-corrected chi connectivity index (χ2v) is 0. The Labute approximate surface area is 120 Å². The third-order valence-corrected chi connectivity index (χ3v) is 0. The fourth-order valence-electron chi connectivity index (χ4n) is 0. The van der Waals surface area contributed by atoms with Crippen LogP contribution in [0.3, 0.4) is 0 Å². The normalized spacial score (nSPS) is 0. The molecule has 17 radical (unpaired) electrons. The third kappa shape index (κ3) is 17.9. The van der Waals surface area contributed by atoms with E-state index in [9.17, 15) is 0 Å². The fourth-order valence-corrected chi connectivity index (χ4v) is 0. The van der Waals surface area contributed by atoms with E-state index >= 15 is 0 Å². The average molecular weight is 719 g/mol. The van der Waals surface area contributed by atoms with Crippen molar-refractivity contribution in [2.45, 2.75) is 0 Å². The smallest absolute Gasteiger partial charge is 0 e. The summed E-state index contributed by atoms with van der Waals surface area (Å²) >= 11 is 0. The molecule has 0 N–H and O–H groups in total. The Balaban J connectivity index is 0. The van der Waals surface area contributed by atoms with Gasteiger partial charge >= 0.3 is 0 Å². The van der Waals surface area contributed by atoms with Crippen LogP contribution in [0.2, 0.25) is 0 Å². The average Bonchev–Trinajstić information content (AvgIpc) is 0. The van der Waals surface area contributed by atoms with Crippen molar-refractivity contribution >= 4 is 123 Å². The van der Waals surface area contributed by atoms with Gasteiger partial charge < -0.3 is 0 Å². The second-order valence-electron chi connectivity index (χ2n) is 0. The van der Waals surface area contributed by atoms with Crippen LogP contribution in [-0.2, 0) is 0 Å². The SMILES string of the molecule is [Bi].[Ga].[In].[Pb].[Sn]. The Hall–Kier alpha value is 4.11. The van der Waals surface area contributed by atoms with Gasteiger partial charge in [-0.05, 0) is 0 Å². The molecule has 0 bridgehead atoms. The van der Waals surface area contributed by atoms with Crippen LogP contribution >= 0.6 is 0 Å². The van der Waals surface area contributed by atoms with E-state index in [-0.39, 0.29) is 123 Å². The maximum absolute atomic E-state index is 0. The number of hydrogen-bond donors (Lipinski definition) is 0. The zero-order chi connectivity index (χ0) is 0. The minimum atomic E-state index is 0. The van der Waals surface area contributed by atoms with Crippen LogP contribution in [-0.4, -0.2) is 123 Å². The van der Waals surface area contributed by atoms with Gasteiger partial charge in [0.1, 0.15) is 0 Å². The molecule has 0 aliphatic rings. The van der Waals surface area contributed by atoms with Crippen LogP contribution in [0.1, 0.15) is 0 Å². The van der Waals surface area contributed by atoms with Crippen molar-refractivity contribution in [3.8, 4) is 0 Å². The molecular formula is BiGaInPbSn. The van der Waals surface area contributed by atoms with E-state index in [0.29, 0.717) is 0 Å². The van der Waals surface area contributed by atoms with Crippen LogP contribution in [0, 0.1) is 0 Å². The molecule has 0 atom stereocenters. The van der Waals surface area contributed by atoms with Crippen molar-refractivity contribution in [3.63, 3.8) is 0 Å². The third-order valence-electron chi connectivity index (χ3n) is 0. The summed E-state index contributed by atoms with van der Waals surface area (Å²) in [6.45, 7) is 0. The zero-order valence-corrected chi connectivity index (χ0v) is 18.5. The Bertz CT molecular complexity index is 11.6. The van der Waals surface area contributed by atoms with E-state index in [1.165, 1.54) is 0 Å². The quantitative estimate of drug-likeness (QED) is 0.257. The van der Waals surface area contributed by atoms with Crippen molar-refractivity contribution in [2.24, 2.45) is 0 Å². The Morgan fingerprint density at radius 3 is 1.00 bits per heavy atom. The van der Waals surface area contributed by atoms with Gasteiger partial charge in [-0.3, -0.25) is 0 Å². The van der Waals surface area contributed by atoms with Crippen molar-refractivity contribution in [3.05, 3.63) is 0 Å². The summed E-state index contributed by atoms with van der Waals surface area (Å²) in [6, 6.07) is 0. The maximum Gasteiger partial charge on any atom is 0 e. The van der Waals surface area contributed by atoms with E-state index in [2.05, 4.69) is 0 Å². The summed E-state index contributed by atoms with van der Waals surface area (Å²) in [4.78, 5) is 0. The summed E-state index contributed by atoms with van der Waals surface area (Å²) in [5.41, 5.74) is 0. The van der Waals surface area contributed by atoms with Gasteiger partial charge in [0.05, 0.1) is 0 Å². The van der Waals surface area contributed by atoms with E-state index in [1.54, 1.807) is 0 Å². The molecule has 0 aromatic heterocycles. The van der Waals surface area contributed by atoms with Crippen LogP contribution < -0.4 is 0 Å². The summed E-state index contributed by atoms with van der Waals surface area (Å²) in [5.74, 6) is 0. The minimum absolute atomic E-state index is 0.